The Kier molecular flexibility index (Phi) is 6.63. The van der Waals surface area contributed by atoms with Crippen LogP contribution in [0, 0.1) is 0 Å². The zero-order valence-electron chi connectivity index (χ0n) is 15.2. The highest BCUT2D eigenvalue weighted by Crippen LogP contribution is 2.19. The van der Waals surface area contributed by atoms with E-state index in [9.17, 15) is 0 Å². The van der Waals surface area contributed by atoms with Crippen LogP contribution in [0.5, 0.6) is 0 Å². The Morgan fingerprint density at radius 2 is 2.20 bits per heavy atom. The second-order valence-corrected chi connectivity index (χ2v) is 6.96. The summed E-state index contributed by atoms with van der Waals surface area (Å²) in [5.41, 5.74) is 1.49. The summed E-state index contributed by atoms with van der Waals surface area (Å²) in [5.74, 6) is 1.95. The van der Waals surface area contributed by atoms with Gasteiger partial charge in [0.15, 0.2) is 5.96 Å². The lowest BCUT2D eigenvalue weighted by Gasteiger charge is -2.36. The largest absolute Gasteiger partial charge is 0.377 e. The molecule has 0 atom stereocenters. The molecule has 0 aromatic carbocycles. The number of piperazine rings is 1. The lowest BCUT2D eigenvalue weighted by Crippen LogP contribution is -2.52. The molecule has 0 spiro atoms. The summed E-state index contributed by atoms with van der Waals surface area (Å²) in [6.07, 6.45) is 5.22. The fourth-order valence-electron chi connectivity index (χ4n) is 3.09. The van der Waals surface area contributed by atoms with Gasteiger partial charge in [0.2, 0.25) is 5.13 Å². The van der Waals surface area contributed by atoms with E-state index in [0.29, 0.717) is 0 Å². The summed E-state index contributed by atoms with van der Waals surface area (Å²) in [6.45, 7) is 8.47. The molecule has 1 aromatic heterocycles. The lowest BCUT2D eigenvalue weighted by atomic mass is 10.1. The van der Waals surface area contributed by atoms with E-state index in [1.54, 1.807) is 0 Å². The van der Waals surface area contributed by atoms with Gasteiger partial charge in [-0.3, -0.25) is 4.99 Å². The number of anilines is 1. The Hall–Kier alpha value is -1.67. The molecule has 7 nitrogen and oxygen atoms in total. The molecule has 1 saturated heterocycles. The van der Waals surface area contributed by atoms with Crippen molar-refractivity contribution in [3.63, 3.8) is 0 Å². The molecule has 0 saturated carbocycles. The molecule has 3 heterocycles. The van der Waals surface area contributed by atoms with Crippen LogP contribution in [0.4, 0.5) is 5.13 Å². The van der Waals surface area contributed by atoms with Gasteiger partial charge >= 0.3 is 0 Å². The van der Waals surface area contributed by atoms with E-state index in [4.69, 9.17) is 4.74 Å². The molecule has 25 heavy (non-hydrogen) atoms. The van der Waals surface area contributed by atoms with Gasteiger partial charge in [0.25, 0.3) is 0 Å². The highest BCUT2D eigenvalue weighted by Gasteiger charge is 2.21. The number of rotatable bonds is 5. The van der Waals surface area contributed by atoms with Crippen LogP contribution in [-0.2, 0) is 11.2 Å². The second kappa shape index (κ2) is 9.15. The number of hydrogen-bond donors (Lipinski definition) is 1. The predicted molar refractivity (Wildman–Crippen MR) is 103 cm³/mol. The first kappa shape index (κ1) is 18.1. The summed E-state index contributed by atoms with van der Waals surface area (Å²) in [4.78, 5) is 13.7. The summed E-state index contributed by atoms with van der Waals surface area (Å²) in [7, 11) is 1.86. The zero-order valence-corrected chi connectivity index (χ0v) is 16.0. The zero-order chi connectivity index (χ0) is 17.5. The van der Waals surface area contributed by atoms with Crippen molar-refractivity contribution in [1.82, 2.24) is 19.6 Å². The highest BCUT2D eigenvalue weighted by molar-refractivity contribution is 7.09. The van der Waals surface area contributed by atoms with Gasteiger partial charge in [-0.25, -0.2) is 4.98 Å². The maximum Gasteiger partial charge on any atom is 0.205 e. The summed E-state index contributed by atoms with van der Waals surface area (Å²) in [5, 5.41) is 4.55. The smallest absolute Gasteiger partial charge is 0.205 e. The first-order valence-corrected chi connectivity index (χ1v) is 9.86. The third-order valence-electron chi connectivity index (χ3n) is 4.62. The van der Waals surface area contributed by atoms with Gasteiger partial charge in [0, 0.05) is 57.7 Å². The van der Waals surface area contributed by atoms with Crippen LogP contribution < -0.4 is 10.2 Å². The van der Waals surface area contributed by atoms with E-state index in [1.807, 2.05) is 7.05 Å². The van der Waals surface area contributed by atoms with Crippen LogP contribution in [0.25, 0.3) is 0 Å². The molecule has 0 radical (unpaired) electrons. The third-order valence-corrected chi connectivity index (χ3v) is 5.44. The Labute approximate surface area is 154 Å². The average Bonchev–Trinajstić information content (AvgIpc) is 3.16. The van der Waals surface area contributed by atoms with Crippen LogP contribution in [0.1, 0.15) is 25.6 Å². The van der Waals surface area contributed by atoms with Gasteiger partial charge in [-0.1, -0.05) is 18.6 Å². The Morgan fingerprint density at radius 1 is 1.36 bits per heavy atom. The minimum Gasteiger partial charge on any atom is -0.377 e. The lowest BCUT2D eigenvalue weighted by molar-refractivity contribution is 0.153. The van der Waals surface area contributed by atoms with Gasteiger partial charge < -0.3 is 19.9 Å². The summed E-state index contributed by atoms with van der Waals surface area (Å²) in [6, 6.07) is 0. The van der Waals surface area contributed by atoms with Crippen molar-refractivity contribution in [2.24, 2.45) is 4.99 Å². The fourth-order valence-corrected chi connectivity index (χ4v) is 3.89. The van der Waals surface area contributed by atoms with Crippen molar-refractivity contribution in [3.05, 3.63) is 17.5 Å². The van der Waals surface area contributed by atoms with Crippen LogP contribution in [0.2, 0.25) is 0 Å². The van der Waals surface area contributed by atoms with Crippen molar-refractivity contribution in [2.75, 3.05) is 57.9 Å². The first-order valence-electron chi connectivity index (χ1n) is 9.09. The number of nitrogens with one attached hydrogen (secondary N) is 1. The summed E-state index contributed by atoms with van der Waals surface area (Å²) >= 11 is 1.51. The van der Waals surface area contributed by atoms with Gasteiger partial charge in [-0.15, -0.1) is 0 Å². The standard InChI is InChI=1S/C17H28N6OS/c1-3-15-20-17(25-21-15)23-10-8-22(9-11-23)16(18-2)19-7-4-14-5-12-24-13-6-14/h5H,3-4,6-13H2,1-2H3,(H,18,19). The quantitative estimate of drug-likeness (QED) is 0.486. The van der Waals surface area contributed by atoms with E-state index in [2.05, 4.69) is 42.5 Å². The minimum atomic E-state index is 0.761. The SMILES string of the molecule is CCc1nsc(N2CCN(C(=NC)NCCC3=CCOCC3)CC2)n1. The molecular weight excluding hydrogens is 336 g/mol. The van der Waals surface area contributed by atoms with Gasteiger partial charge in [-0.05, 0) is 12.8 Å². The van der Waals surface area contributed by atoms with Crippen molar-refractivity contribution < 1.29 is 4.74 Å². The van der Waals surface area contributed by atoms with Crippen LogP contribution >= 0.6 is 11.5 Å². The molecular formula is C17H28N6OS. The number of guanidine groups is 1. The molecule has 138 valence electrons. The van der Waals surface area contributed by atoms with Crippen LogP contribution in [0.3, 0.4) is 0 Å². The molecule has 1 N–H and O–H groups in total. The molecule has 1 aromatic rings. The molecule has 0 aliphatic carbocycles. The number of aliphatic imine (C=N–C) groups is 1. The Bertz CT molecular complexity index is 606. The predicted octanol–water partition coefficient (Wildman–Crippen LogP) is 1.53. The number of aromatic nitrogens is 2. The van der Waals surface area contributed by atoms with Crippen LogP contribution in [0.15, 0.2) is 16.6 Å². The monoisotopic (exact) mass is 364 g/mol. The highest BCUT2D eigenvalue weighted by atomic mass is 32.1. The first-order chi connectivity index (χ1) is 12.3. The Morgan fingerprint density at radius 3 is 2.84 bits per heavy atom. The number of hydrogen-bond acceptors (Lipinski definition) is 6. The van der Waals surface area contributed by atoms with Crippen molar-refractivity contribution in [2.45, 2.75) is 26.2 Å². The van der Waals surface area contributed by atoms with Gasteiger partial charge in [0.1, 0.15) is 5.82 Å². The molecule has 0 bridgehead atoms. The molecule has 0 amide bonds. The van der Waals surface area contributed by atoms with Crippen molar-refractivity contribution in [3.8, 4) is 0 Å². The Balaban J connectivity index is 1.44. The molecule has 2 aliphatic heterocycles. The van der Waals surface area contributed by atoms with Crippen molar-refractivity contribution >= 4 is 22.6 Å². The maximum absolute atomic E-state index is 5.36. The van der Waals surface area contributed by atoms with E-state index >= 15 is 0 Å². The van der Waals surface area contributed by atoms with E-state index in [0.717, 1.165) is 82.1 Å². The molecule has 3 rings (SSSR count). The number of aryl methyl sites for hydroxylation is 1. The average molecular weight is 365 g/mol. The number of nitrogens with zero attached hydrogens (tertiary/aromatic N) is 5. The molecule has 2 aliphatic rings. The normalized spacial score (nSPS) is 19.1. The van der Waals surface area contributed by atoms with Crippen LogP contribution in [-0.4, -0.2) is 73.2 Å². The minimum absolute atomic E-state index is 0.761. The topological polar surface area (TPSA) is 65.9 Å². The van der Waals surface area contributed by atoms with Crippen molar-refractivity contribution in [1.29, 1.82) is 0 Å². The molecule has 8 heteroatoms. The van der Waals surface area contributed by atoms with E-state index in [-0.39, 0.29) is 0 Å². The number of ether oxygens (including phenoxy) is 1. The second-order valence-electron chi connectivity index (χ2n) is 6.23. The molecule has 0 unspecified atom stereocenters. The van der Waals surface area contributed by atoms with E-state index < -0.39 is 0 Å². The summed E-state index contributed by atoms with van der Waals surface area (Å²) < 4.78 is 9.75. The fraction of sp³-hybridized carbons (Fsp3) is 0.706. The van der Waals surface area contributed by atoms with Gasteiger partial charge in [0.05, 0.1) is 13.2 Å². The molecule has 1 fully saturated rings. The maximum atomic E-state index is 5.36. The van der Waals surface area contributed by atoms with Gasteiger partial charge in [-0.2, -0.15) is 4.37 Å². The third kappa shape index (κ3) is 4.92. The van der Waals surface area contributed by atoms with E-state index in [1.165, 1.54) is 17.1 Å².